The molecule has 3 aromatic rings. The van der Waals surface area contributed by atoms with Gasteiger partial charge in [-0.15, -0.1) is 0 Å². The third-order valence-electron chi connectivity index (χ3n) is 5.70. The van der Waals surface area contributed by atoms with Crippen LogP contribution in [-0.2, 0) is 25.7 Å². The van der Waals surface area contributed by atoms with Crippen LogP contribution in [0.25, 0.3) is 0 Å². The van der Waals surface area contributed by atoms with Crippen LogP contribution in [0.2, 0.25) is 0 Å². The second-order valence-electron chi connectivity index (χ2n) is 8.19. The van der Waals surface area contributed by atoms with Crippen LogP contribution in [0.1, 0.15) is 47.4 Å². The van der Waals surface area contributed by atoms with Gasteiger partial charge in [0, 0.05) is 18.4 Å². The molecule has 1 unspecified atom stereocenters. The van der Waals surface area contributed by atoms with Gasteiger partial charge >= 0.3 is 5.97 Å². The number of rotatable bonds is 9. The lowest BCUT2D eigenvalue weighted by Gasteiger charge is -2.19. The van der Waals surface area contributed by atoms with E-state index in [1.807, 2.05) is 6.92 Å². The Kier molecular flexibility index (Phi) is 7.75. The molecule has 1 heterocycles. The number of esters is 1. The minimum atomic E-state index is -1.20. The normalized spacial score (nSPS) is 13.9. The van der Waals surface area contributed by atoms with Crippen molar-refractivity contribution in [2.45, 2.75) is 32.4 Å². The molecule has 36 heavy (non-hydrogen) atoms. The van der Waals surface area contributed by atoms with E-state index in [1.165, 1.54) is 4.90 Å². The van der Waals surface area contributed by atoms with Gasteiger partial charge in [-0.3, -0.25) is 19.3 Å². The van der Waals surface area contributed by atoms with Gasteiger partial charge in [-0.2, -0.15) is 0 Å². The molecular formula is C28H26N2O6. The summed E-state index contributed by atoms with van der Waals surface area (Å²) in [7, 11) is 0. The van der Waals surface area contributed by atoms with Crippen LogP contribution >= 0.6 is 0 Å². The molecule has 1 N–H and O–H groups in total. The van der Waals surface area contributed by atoms with Gasteiger partial charge in [0.1, 0.15) is 5.75 Å². The minimum absolute atomic E-state index is 0.154. The molecule has 1 aliphatic rings. The summed E-state index contributed by atoms with van der Waals surface area (Å²) in [6.45, 7) is 2.43. The Labute approximate surface area is 208 Å². The fraction of sp³-hybridized carbons (Fsp3) is 0.214. The van der Waals surface area contributed by atoms with Gasteiger partial charge in [0.25, 0.3) is 5.91 Å². The number of carbonyl (C=O) groups excluding carboxylic acids is 4. The van der Waals surface area contributed by atoms with E-state index in [-0.39, 0.29) is 36.8 Å². The first-order valence-electron chi connectivity index (χ1n) is 11.7. The molecule has 1 aliphatic heterocycles. The van der Waals surface area contributed by atoms with E-state index in [4.69, 9.17) is 9.47 Å². The summed E-state index contributed by atoms with van der Waals surface area (Å²) in [5, 5.41) is 2.80. The van der Waals surface area contributed by atoms with Crippen LogP contribution in [-0.4, -0.2) is 35.2 Å². The molecule has 1 saturated heterocycles. The van der Waals surface area contributed by atoms with E-state index in [1.54, 1.807) is 78.9 Å². The van der Waals surface area contributed by atoms with Gasteiger partial charge < -0.3 is 14.8 Å². The van der Waals surface area contributed by atoms with Crippen molar-refractivity contribution in [3.63, 3.8) is 0 Å². The molecule has 0 spiro atoms. The van der Waals surface area contributed by atoms with Crippen molar-refractivity contribution in [1.82, 2.24) is 4.90 Å². The third kappa shape index (κ3) is 5.78. The SMILES string of the molecule is CCOc1ccccc1NC(=O)C(OC(=O)c1ccc(CN2C(=O)CCC2=O)cc1)c1ccccc1. The van der Waals surface area contributed by atoms with Crippen molar-refractivity contribution in [1.29, 1.82) is 0 Å². The van der Waals surface area contributed by atoms with Gasteiger partial charge in [0.15, 0.2) is 0 Å². The number of nitrogens with zero attached hydrogens (tertiary/aromatic N) is 1. The standard InChI is InChI=1S/C28H26N2O6/c1-2-35-23-11-7-6-10-22(23)29-27(33)26(20-8-4-3-5-9-20)36-28(34)21-14-12-19(13-15-21)18-30-24(31)16-17-25(30)32/h3-15,26H,2,16-18H2,1H3,(H,29,33). The average molecular weight is 487 g/mol. The van der Waals surface area contributed by atoms with Crippen molar-refractivity contribution < 1.29 is 28.7 Å². The first-order chi connectivity index (χ1) is 17.5. The lowest BCUT2D eigenvalue weighted by Crippen LogP contribution is -2.28. The Morgan fingerprint density at radius 2 is 1.53 bits per heavy atom. The smallest absolute Gasteiger partial charge is 0.339 e. The first kappa shape index (κ1) is 24.7. The quantitative estimate of drug-likeness (QED) is 0.358. The fourth-order valence-electron chi connectivity index (χ4n) is 3.85. The number of carbonyl (C=O) groups is 4. The fourth-order valence-corrected chi connectivity index (χ4v) is 3.85. The van der Waals surface area contributed by atoms with Gasteiger partial charge in [-0.1, -0.05) is 54.6 Å². The van der Waals surface area contributed by atoms with Crippen LogP contribution in [0, 0.1) is 0 Å². The summed E-state index contributed by atoms with van der Waals surface area (Å²) in [5.74, 6) is -1.10. The van der Waals surface area contributed by atoms with E-state index in [0.29, 0.717) is 29.2 Å². The highest BCUT2D eigenvalue weighted by Crippen LogP contribution is 2.27. The van der Waals surface area contributed by atoms with Crippen molar-refractivity contribution >= 4 is 29.4 Å². The predicted octanol–water partition coefficient (Wildman–Crippen LogP) is 4.27. The Balaban J connectivity index is 1.50. The number of anilines is 1. The van der Waals surface area contributed by atoms with Crippen molar-refractivity contribution in [3.8, 4) is 5.75 Å². The summed E-state index contributed by atoms with van der Waals surface area (Å²) in [6.07, 6.45) is -0.754. The number of likely N-dealkylation sites (tertiary alicyclic amines) is 1. The molecule has 1 fully saturated rings. The lowest BCUT2D eigenvalue weighted by molar-refractivity contribution is -0.139. The molecule has 0 bridgehead atoms. The van der Waals surface area contributed by atoms with Gasteiger partial charge in [-0.05, 0) is 36.8 Å². The Morgan fingerprint density at radius 1 is 0.889 bits per heavy atom. The molecule has 1 atom stereocenters. The Morgan fingerprint density at radius 3 is 2.19 bits per heavy atom. The number of hydrogen-bond acceptors (Lipinski definition) is 6. The molecule has 3 aromatic carbocycles. The molecule has 0 radical (unpaired) electrons. The highest BCUT2D eigenvalue weighted by molar-refractivity contribution is 6.02. The zero-order valence-electron chi connectivity index (χ0n) is 19.8. The molecule has 0 saturated carbocycles. The summed E-state index contributed by atoms with van der Waals surface area (Å²) >= 11 is 0. The van der Waals surface area contributed by atoms with E-state index < -0.39 is 18.0 Å². The topological polar surface area (TPSA) is 102 Å². The van der Waals surface area contributed by atoms with E-state index >= 15 is 0 Å². The number of ether oxygens (including phenoxy) is 2. The van der Waals surface area contributed by atoms with Crippen molar-refractivity contribution in [3.05, 3.63) is 95.6 Å². The van der Waals surface area contributed by atoms with Crippen LogP contribution in [0.5, 0.6) is 5.75 Å². The van der Waals surface area contributed by atoms with Gasteiger partial charge in [0.2, 0.25) is 17.9 Å². The summed E-state index contributed by atoms with van der Waals surface area (Å²) in [6, 6.07) is 22.2. The number of nitrogens with one attached hydrogen (secondary N) is 1. The Bertz CT molecular complexity index is 1240. The average Bonchev–Trinajstić information content (AvgIpc) is 3.21. The first-order valence-corrected chi connectivity index (χ1v) is 11.7. The lowest BCUT2D eigenvalue weighted by atomic mass is 10.1. The number of amides is 3. The third-order valence-corrected chi connectivity index (χ3v) is 5.70. The maximum Gasteiger partial charge on any atom is 0.339 e. The summed E-state index contributed by atoms with van der Waals surface area (Å²) < 4.78 is 11.2. The Hall–Kier alpha value is -4.46. The predicted molar refractivity (Wildman–Crippen MR) is 132 cm³/mol. The number of benzene rings is 3. The van der Waals surface area contributed by atoms with E-state index in [9.17, 15) is 19.2 Å². The zero-order chi connectivity index (χ0) is 25.5. The summed E-state index contributed by atoms with van der Waals surface area (Å²) in [5.41, 5.74) is 1.93. The molecule has 0 aliphatic carbocycles. The number of imide groups is 1. The maximum atomic E-state index is 13.2. The summed E-state index contributed by atoms with van der Waals surface area (Å²) in [4.78, 5) is 51.1. The molecular weight excluding hydrogens is 460 g/mol. The molecule has 0 aromatic heterocycles. The molecule has 3 amide bonds. The molecule has 184 valence electrons. The largest absolute Gasteiger partial charge is 0.492 e. The van der Waals surface area contributed by atoms with Crippen LogP contribution in [0.15, 0.2) is 78.9 Å². The monoisotopic (exact) mass is 486 g/mol. The number of hydrogen-bond donors (Lipinski definition) is 1. The molecule has 4 rings (SSSR count). The van der Waals surface area contributed by atoms with Gasteiger partial charge in [-0.25, -0.2) is 4.79 Å². The van der Waals surface area contributed by atoms with Crippen LogP contribution < -0.4 is 10.1 Å². The van der Waals surface area contributed by atoms with E-state index in [0.717, 1.165) is 0 Å². The van der Waals surface area contributed by atoms with Crippen molar-refractivity contribution in [2.24, 2.45) is 0 Å². The van der Waals surface area contributed by atoms with Crippen molar-refractivity contribution in [2.75, 3.05) is 11.9 Å². The zero-order valence-corrected chi connectivity index (χ0v) is 19.8. The maximum absolute atomic E-state index is 13.2. The second-order valence-corrected chi connectivity index (χ2v) is 8.19. The van der Waals surface area contributed by atoms with Gasteiger partial charge in [0.05, 0.1) is 24.4 Å². The molecule has 8 heteroatoms. The highest BCUT2D eigenvalue weighted by atomic mass is 16.5. The molecule has 8 nitrogen and oxygen atoms in total. The highest BCUT2D eigenvalue weighted by Gasteiger charge is 2.29. The van der Waals surface area contributed by atoms with Crippen LogP contribution in [0.3, 0.4) is 0 Å². The van der Waals surface area contributed by atoms with Crippen LogP contribution in [0.4, 0.5) is 5.69 Å². The number of para-hydroxylation sites is 2. The second kappa shape index (κ2) is 11.3. The minimum Gasteiger partial charge on any atom is -0.492 e. The van der Waals surface area contributed by atoms with E-state index in [2.05, 4.69) is 5.32 Å².